The third-order valence-electron chi connectivity index (χ3n) is 2.71. The standard InChI is InChI=1S/C7H8O3S.C4H6N2.C4H10O3S/c1-6-2-4-7(5-3-6)11(8,9)10;1-6-3-2-5-4-6;1-2-3-4-8(5,6)7/h2-5H,1H3,(H,8,9,10);2-4H,1H3;2-4H2,1H3,(H,5,6,7). The molecule has 2 aromatic rings. The van der Waals surface area contributed by atoms with Gasteiger partial charge in [-0.15, -0.1) is 0 Å². The van der Waals surface area contributed by atoms with Gasteiger partial charge in [0.05, 0.1) is 17.0 Å². The molecule has 0 spiro atoms. The van der Waals surface area contributed by atoms with Gasteiger partial charge in [-0.3, -0.25) is 9.11 Å². The lowest BCUT2D eigenvalue weighted by molar-refractivity contribution is 0.479. The quantitative estimate of drug-likeness (QED) is 0.765. The summed E-state index contributed by atoms with van der Waals surface area (Å²) in [6.45, 7) is 3.71. The summed E-state index contributed by atoms with van der Waals surface area (Å²) in [5.74, 6) is -0.108. The molecule has 2 N–H and O–H groups in total. The number of imidazole rings is 1. The summed E-state index contributed by atoms with van der Waals surface area (Å²) in [4.78, 5) is 3.72. The first-order chi connectivity index (χ1) is 11.5. The molecule has 0 fully saturated rings. The number of rotatable bonds is 4. The Balaban J connectivity index is 0.000000363. The number of aryl methyl sites for hydroxylation is 2. The Bertz CT molecular complexity index is 798. The average molecular weight is 392 g/mol. The van der Waals surface area contributed by atoms with E-state index in [1.165, 1.54) is 12.1 Å². The fraction of sp³-hybridized carbons (Fsp3) is 0.400. The van der Waals surface area contributed by atoms with Crippen LogP contribution in [0.1, 0.15) is 25.3 Å². The highest BCUT2D eigenvalue weighted by molar-refractivity contribution is 7.86. The van der Waals surface area contributed by atoms with E-state index in [2.05, 4.69) is 4.98 Å². The van der Waals surface area contributed by atoms with E-state index in [4.69, 9.17) is 9.11 Å². The Morgan fingerprint density at radius 3 is 1.88 bits per heavy atom. The predicted molar refractivity (Wildman–Crippen MR) is 95.5 cm³/mol. The van der Waals surface area contributed by atoms with Gasteiger partial charge < -0.3 is 4.57 Å². The van der Waals surface area contributed by atoms with Crippen LogP contribution in [0.2, 0.25) is 0 Å². The predicted octanol–water partition coefficient (Wildman–Crippen LogP) is 2.34. The van der Waals surface area contributed by atoms with Crippen LogP contribution in [0.15, 0.2) is 47.9 Å². The van der Waals surface area contributed by atoms with Gasteiger partial charge in [0.15, 0.2) is 0 Å². The molecule has 0 saturated carbocycles. The molecule has 1 heterocycles. The first-order valence-corrected chi connectivity index (χ1v) is 10.4. The van der Waals surface area contributed by atoms with E-state index in [9.17, 15) is 16.8 Å². The molecule has 1 aromatic carbocycles. The van der Waals surface area contributed by atoms with Gasteiger partial charge in [-0.1, -0.05) is 31.0 Å². The second kappa shape index (κ2) is 11.0. The number of hydrogen-bond acceptors (Lipinski definition) is 5. The highest BCUT2D eigenvalue weighted by atomic mass is 32.2. The summed E-state index contributed by atoms with van der Waals surface area (Å²) in [5, 5.41) is 0. The van der Waals surface area contributed by atoms with Crippen LogP contribution >= 0.6 is 0 Å². The lowest BCUT2D eigenvalue weighted by Gasteiger charge is -1.95. The second-order valence-corrected chi connectivity index (χ2v) is 8.15. The van der Waals surface area contributed by atoms with Crippen molar-refractivity contribution in [2.24, 2.45) is 7.05 Å². The molecule has 0 bridgehead atoms. The zero-order valence-corrected chi connectivity index (χ0v) is 16.0. The molecule has 0 atom stereocenters. The Morgan fingerprint density at radius 1 is 1.08 bits per heavy atom. The second-order valence-electron chi connectivity index (χ2n) is 5.16. The number of benzene rings is 1. The topological polar surface area (TPSA) is 127 Å². The summed E-state index contributed by atoms with van der Waals surface area (Å²) in [6.07, 6.45) is 6.72. The monoisotopic (exact) mass is 392 g/mol. The van der Waals surface area contributed by atoms with Crippen molar-refractivity contribution < 1.29 is 25.9 Å². The Labute approximate surface area is 149 Å². The van der Waals surface area contributed by atoms with E-state index < -0.39 is 20.2 Å². The van der Waals surface area contributed by atoms with E-state index in [-0.39, 0.29) is 10.6 Å². The van der Waals surface area contributed by atoms with Crippen LogP contribution in [0.4, 0.5) is 0 Å². The molecule has 8 nitrogen and oxygen atoms in total. The van der Waals surface area contributed by atoms with Gasteiger partial charge in [0.2, 0.25) is 0 Å². The van der Waals surface area contributed by atoms with Crippen molar-refractivity contribution in [3.63, 3.8) is 0 Å². The van der Waals surface area contributed by atoms with E-state index in [0.29, 0.717) is 6.42 Å². The van der Waals surface area contributed by atoms with Crippen molar-refractivity contribution in [3.8, 4) is 0 Å². The fourth-order valence-corrected chi connectivity index (χ4v) is 2.50. The van der Waals surface area contributed by atoms with Gasteiger partial charge in [-0.05, 0) is 25.5 Å². The number of unbranched alkanes of at least 4 members (excludes halogenated alkanes) is 1. The molecule has 0 aliphatic carbocycles. The molecular formula is C15H24N2O6S2. The summed E-state index contributed by atoms with van der Waals surface area (Å²) in [7, 11) is -5.77. The van der Waals surface area contributed by atoms with Crippen LogP contribution in [-0.4, -0.2) is 41.2 Å². The van der Waals surface area contributed by atoms with Gasteiger partial charge in [0, 0.05) is 19.4 Å². The summed E-state index contributed by atoms with van der Waals surface area (Å²) >= 11 is 0. The number of nitrogens with zero attached hydrogens (tertiary/aromatic N) is 2. The zero-order valence-electron chi connectivity index (χ0n) is 14.4. The van der Waals surface area contributed by atoms with E-state index >= 15 is 0 Å². The van der Waals surface area contributed by atoms with Gasteiger partial charge in [-0.25, -0.2) is 4.98 Å². The molecule has 1 aromatic heterocycles. The lowest BCUT2D eigenvalue weighted by atomic mass is 10.2. The van der Waals surface area contributed by atoms with Crippen LogP contribution in [0.3, 0.4) is 0 Å². The SMILES string of the molecule is CCCCS(=O)(=O)O.Cc1ccc(S(=O)(=O)O)cc1.Cn1ccnc1. The Hall–Kier alpha value is -1.75. The largest absolute Gasteiger partial charge is 0.341 e. The normalized spacial score (nSPS) is 10.9. The summed E-state index contributed by atoms with van der Waals surface area (Å²) < 4.78 is 59.5. The molecule has 25 heavy (non-hydrogen) atoms. The minimum atomic E-state index is -4.02. The van der Waals surface area contributed by atoms with Crippen LogP contribution < -0.4 is 0 Å². The highest BCUT2D eigenvalue weighted by Crippen LogP contribution is 2.08. The summed E-state index contributed by atoms with van der Waals surface area (Å²) in [6, 6.07) is 5.99. The van der Waals surface area contributed by atoms with E-state index in [1.54, 1.807) is 24.7 Å². The minimum absolute atomic E-state index is 0.0666. The first kappa shape index (κ1) is 23.2. The number of aromatic nitrogens is 2. The van der Waals surface area contributed by atoms with Gasteiger partial charge in [0.1, 0.15) is 0 Å². The van der Waals surface area contributed by atoms with Crippen molar-refractivity contribution in [2.75, 3.05) is 5.75 Å². The molecule has 0 aliphatic rings. The molecule has 10 heteroatoms. The van der Waals surface area contributed by atoms with Crippen molar-refractivity contribution in [1.82, 2.24) is 9.55 Å². The Kier molecular flexibility index (Phi) is 10.2. The third kappa shape index (κ3) is 13.2. The van der Waals surface area contributed by atoms with Crippen molar-refractivity contribution >= 4 is 20.2 Å². The van der Waals surface area contributed by atoms with Crippen LogP contribution in [0, 0.1) is 6.92 Å². The first-order valence-electron chi connectivity index (χ1n) is 7.37. The molecule has 0 saturated heterocycles. The maximum absolute atomic E-state index is 10.5. The average Bonchev–Trinajstić information content (AvgIpc) is 2.96. The highest BCUT2D eigenvalue weighted by Gasteiger charge is 2.06. The van der Waals surface area contributed by atoms with E-state index in [0.717, 1.165) is 12.0 Å². The lowest BCUT2D eigenvalue weighted by Crippen LogP contribution is -2.02. The molecule has 142 valence electrons. The van der Waals surface area contributed by atoms with Crippen molar-refractivity contribution in [3.05, 3.63) is 48.5 Å². The summed E-state index contributed by atoms with van der Waals surface area (Å²) in [5.41, 5.74) is 0.956. The molecule has 0 radical (unpaired) electrons. The van der Waals surface area contributed by atoms with Crippen LogP contribution in [0.25, 0.3) is 0 Å². The van der Waals surface area contributed by atoms with Gasteiger partial charge in [0.25, 0.3) is 20.2 Å². The zero-order chi connectivity index (χ0) is 19.5. The van der Waals surface area contributed by atoms with Gasteiger partial charge >= 0.3 is 0 Å². The van der Waals surface area contributed by atoms with Gasteiger partial charge in [-0.2, -0.15) is 16.8 Å². The van der Waals surface area contributed by atoms with Crippen LogP contribution in [0.5, 0.6) is 0 Å². The van der Waals surface area contributed by atoms with Crippen molar-refractivity contribution in [2.45, 2.75) is 31.6 Å². The maximum Gasteiger partial charge on any atom is 0.294 e. The van der Waals surface area contributed by atoms with Crippen molar-refractivity contribution in [1.29, 1.82) is 0 Å². The molecule has 0 amide bonds. The van der Waals surface area contributed by atoms with Crippen LogP contribution in [-0.2, 0) is 27.3 Å². The molecular weight excluding hydrogens is 368 g/mol. The third-order valence-corrected chi connectivity index (χ3v) is 4.38. The molecule has 0 unspecified atom stereocenters. The molecule has 2 rings (SSSR count). The fourth-order valence-electron chi connectivity index (χ4n) is 1.36. The molecule has 0 aliphatic heterocycles. The minimum Gasteiger partial charge on any atom is -0.341 e. The number of hydrogen-bond donors (Lipinski definition) is 2. The maximum atomic E-state index is 10.5. The Morgan fingerprint density at radius 2 is 1.64 bits per heavy atom. The van der Waals surface area contributed by atoms with E-state index in [1.807, 2.05) is 31.7 Å². The smallest absolute Gasteiger partial charge is 0.294 e.